The van der Waals surface area contributed by atoms with Crippen LogP contribution in [0.1, 0.15) is 23.1 Å². The van der Waals surface area contributed by atoms with Crippen LogP contribution in [-0.4, -0.2) is 30.5 Å². The van der Waals surface area contributed by atoms with Crippen molar-refractivity contribution in [1.29, 1.82) is 0 Å². The fraction of sp³-hybridized carbons (Fsp3) is 0.143. The Kier molecular flexibility index (Phi) is 5.78. The van der Waals surface area contributed by atoms with Gasteiger partial charge in [0.05, 0.1) is 17.8 Å². The fourth-order valence-electron chi connectivity index (χ4n) is 3.14. The molecule has 2 N–H and O–H groups in total. The number of amides is 1. The molecule has 0 aliphatic rings. The van der Waals surface area contributed by atoms with Gasteiger partial charge in [0.2, 0.25) is 0 Å². The molecule has 2 heterocycles. The van der Waals surface area contributed by atoms with E-state index in [1.807, 2.05) is 54.0 Å². The van der Waals surface area contributed by atoms with Crippen LogP contribution < -0.4 is 5.32 Å². The number of halogens is 1. The smallest absolute Gasteiger partial charge is 0.255 e. The van der Waals surface area contributed by atoms with Gasteiger partial charge < -0.3 is 9.88 Å². The maximum atomic E-state index is 13.1. The van der Waals surface area contributed by atoms with E-state index in [1.165, 1.54) is 0 Å². The Morgan fingerprint density at radius 1 is 1.17 bits per heavy atom. The minimum Gasteiger partial charge on any atom is -0.345 e. The van der Waals surface area contributed by atoms with Crippen LogP contribution in [0.25, 0.3) is 16.9 Å². The molecule has 9 heteroatoms. The van der Waals surface area contributed by atoms with Crippen molar-refractivity contribution in [3.05, 3.63) is 82.0 Å². The third kappa shape index (κ3) is 4.05. The third-order valence-electron chi connectivity index (χ3n) is 4.66. The number of hydrogen-bond donors (Lipinski definition) is 2. The van der Waals surface area contributed by atoms with Crippen molar-refractivity contribution in [2.24, 2.45) is 0 Å². The summed E-state index contributed by atoms with van der Waals surface area (Å²) in [6.07, 6.45) is 1.73. The van der Waals surface area contributed by atoms with E-state index in [0.29, 0.717) is 33.4 Å². The van der Waals surface area contributed by atoms with Crippen molar-refractivity contribution in [3.8, 4) is 16.9 Å². The topological polar surface area (TPSA) is 80.5 Å². The van der Waals surface area contributed by atoms with Crippen molar-refractivity contribution in [3.63, 3.8) is 0 Å². The number of rotatable bonds is 6. The normalized spacial score (nSPS) is 10.9. The second-order valence-electron chi connectivity index (χ2n) is 6.55. The molecule has 0 atom stereocenters. The molecule has 2 aromatic heterocycles. The van der Waals surface area contributed by atoms with Crippen LogP contribution >= 0.6 is 23.8 Å². The lowest BCUT2D eigenvalue weighted by Gasteiger charge is -2.06. The first kappa shape index (κ1) is 20.1. The van der Waals surface area contributed by atoms with Crippen molar-refractivity contribution in [2.45, 2.75) is 20.0 Å². The number of aromatic amines is 1. The van der Waals surface area contributed by atoms with E-state index in [4.69, 9.17) is 23.8 Å². The second-order valence-corrected chi connectivity index (χ2v) is 7.37. The number of para-hydroxylation sites is 1. The van der Waals surface area contributed by atoms with E-state index in [9.17, 15) is 4.79 Å². The molecule has 0 fully saturated rings. The summed E-state index contributed by atoms with van der Waals surface area (Å²) in [5.41, 5.74) is 2.69. The van der Waals surface area contributed by atoms with Crippen LogP contribution in [0.15, 0.2) is 60.8 Å². The summed E-state index contributed by atoms with van der Waals surface area (Å²) in [7, 11) is 0. The lowest BCUT2D eigenvalue weighted by atomic mass is 10.1. The zero-order chi connectivity index (χ0) is 21.1. The SMILES string of the molecule is CCn1c(CNC(=O)c2cn(-c3ccccc3)nc2-c2ccc(Cl)cc2)n[nH]c1=S. The Morgan fingerprint density at radius 3 is 2.60 bits per heavy atom. The Morgan fingerprint density at radius 2 is 1.90 bits per heavy atom. The molecule has 0 bridgehead atoms. The average molecular weight is 439 g/mol. The van der Waals surface area contributed by atoms with Gasteiger partial charge >= 0.3 is 0 Å². The molecule has 0 unspecified atom stereocenters. The maximum Gasteiger partial charge on any atom is 0.255 e. The first-order chi connectivity index (χ1) is 14.6. The lowest BCUT2D eigenvalue weighted by Crippen LogP contribution is -2.25. The molecule has 0 radical (unpaired) electrons. The standard InChI is InChI=1S/C21H19ClN6OS/c1-2-27-18(24-25-21(27)30)12-23-20(29)17-13-28(16-6-4-3-5-7-16)26-19(17)14-8-10-15(22)11-9-14/h3-11,13H,2,12H2,1H3,(H,23,29)(H,25,30). The summed E-state index contributed by atoms with van der Waals surface area (Å²) in [4.78, 5) is 13.1. The van der Waals surface area contributed by atoms with Crippen LogP contribution in [-0.2, 0) is 13.1 Å². The zero-order valence-electron chi connectivity index (χ0n) is 16.2. The van der Waals surface area contributed by atoms with E-state index in [1.54, 1.807) is 23.0 Å². The number of benzene rings is 2. The van der Waals surface area contributed by atoms with Gasteiger partial charge in [-0.1, -0.05) is 41.9 Å². The Hall–Kier alpha value is -3.23. The van der Waals surface area contributed by atoms with Crippen molar-refractivity contribution in [2.75, 3.05) is 0 Å². The molecule has 0 aliphatic carbocycles. The minimum absolute atomic E-state index is 0.246. The van der Waals surface area contributed by atoms with Crippen LogP contribution in [0.3, 0.4) is 0 Å². The monoisotopic (exact) mass is 438 g/mol. The predicted molar refractivity (Wildman–Crippen MR) is 118 cm³/mol. The van der Waals surface area contributed by atoms with E-state index in [2.05, 4.69) is 20.6 Å². The van der Waals surface area contributed by atoms with Gasteiger partial charge in [0.15, 0.2) is 10.6 Å². The number of hydrogen-bond acceptors (Lipinski definition) is 4. The largest absolute Gasteiger partial charge is 0.345 e. The van der Waals surface area contributed by atoms with Crippen molar-refractivity contribution >= 4 is 29.7 Å². The molecule has 0 saturated carbocycles. The molecule has 0 saturated heterocycles. The highest BCUT2D eigenvalue weighted by atomic mass is 35.5. The van der Waals surface area contributed by atoms with Gasteiger partial charge in [-0.05, 0) is 43.4 Å². The summed E-state index contributed by atoms with van der Waals surface area (Å²) in [6, 6.07) is 16.9. The van der Waals surface area contributed by atoms with Gasteiger partial charge in [0, 0.05) is 23.3 Å². The highest BCUT2D eigenvalue weighted by Crippen LogP contribution is 2.25. The van der Waals surface area contributed by atoms with E-state index in [-0.39, 0.29) is 12.5 Å². The first-order valence-electron chi connectivity index (χ1n) is 9.40. The van der Waals surface area contributed by atoms with Gasteiger partial charge in [-0.15, -0.1) is 0 Å². The summed E-state index contributed by atoms with van der Waals surface area (Å²) in [5, 5.41) is 15.2. The molecular weight excluding hydrogens is 420 g/mol. The number of carbonyl (C=O) groups is 1. The molecule has 7 nitrogen and oxygen atoms in total. The average Bonchev–Trinajstić information content (AvgIpc) is 3.37. The molecule has 4 rings (SSSR count). The van der Waals surface area contributed by atoms with Crippen LogP contribution in [0.2, 0.25) is 5.02 Å². The molecule has 0 spiro atoms. The molecule has 4 aromatic rings. The number of carbonyl (C=O) groups excluding carboxylic acids is 1. The number of aromatic nitrogens is 5. The van der Waals surface area contributed by atoms with Crippen molar-refractivity contribution in [1.82, 2.24) is 29.9 Å². The quantitative estimate of drug-likeness (QED) is 0.437. The second kappa shape index (κ2) is 8.64. The van der Waals surface area contributed by atoms with E-state index in [0.717, 1.165) is 11.3 Å². The third-order valence-corrected chi connectivity index (χ3v) is 5.22. The highest BCUT2D eigenvalue weighted by molar-refractivity contribution is 7.71. The van der Waals surface area contributed by atoms with E-state index >= 15 is 0 Å². The van der Waals surface area contributed by atoms with Gasteiger partial charge in [0.1, 0.15) is 5.69 Å². The molecule has 152 valence electrons. The van der Waals surface area contributed by atoms with Crippen LogP contribution in [0, 0.1) is 4.77 Å². The van der Waals surface area contributed by atoms with Gasteiger partial charge in [-0.25, -0.2) is 4.68 Å². The van der Waals surface area contributed by atoms with Crippen molar-refractivity contribution < 1.29 is 4.79 Å². The Labute approximate surface area is 183 Å². The zero-order valence-corrected chi connectivity index (χ0v) is 17.7. The fourth-order valence-corrected chi connectivity index (χ4v) is 3.55. The predicted octanol–water partition coefficient (Wildman–Crippen LogP) is 4.40. The molecule has 30 heavy (non-hydrogen) atoms. The molecule has 0 aliphatic heterocycles. The summed E-state index contributed by atoms with van der Waals surface area (Å²) in [6.45, 7) is 2.89. The maximum absolute atomic E-state index is 13.1. The minimum atomic E-state index is -0.251. The summed E-state index contributed by atoms with van der Waals surface area (Å²) < 4.78 is 4.06. The molecular formula is C21H19ClN6OS. The summed E-state index contributed by atoms with van der Waals surface area (Å²) >= 11 is 11.2. The number of nitrogens with zero attached hydrogens (tertiary/aromatic N) is 4. The number of H-pyrrole nitrogens is 1. The van der Waals surface area contributed by atoms with Crippen LogP contribution in [0.4, 0.5) is 0 Å². The van der Waals surface area contributed by atoms with Crippen LogP contribution in [0.5, 0.6) is 0 Å². The summed E-state index contributed by atoms with van der Waals surface area (Å²) in [5.74, 6) is 0.415. The Balaban J connectivity index is 1.68. The molecule has 1 amide bonds. The first-order valence-corrected chi connectivity index (χ1v) is 10.2. The van der Waals surface area contributed by atoms with Gasteiger partial charge in [-0.2, -0.15) is 10.2 Å². The Bertz CT molecular complexity index is 1230. The molecule has 2 aromatic carbocycles. The van der Waals surface area contributed by atoms with Gasteiger partial charge in [0.25, 0.3) is 5.91 Å². The van der Waals surface area contributed by atoms with Gasteiger partial charge in [-0.3, -0.25) is 9.89 Å². The number of nitrogens with one attached hydrogen (secondary N) is 2. The highest BCUT2D eigenvalue weighted by Gasteiger charge is 2.19. The lowest BCUT2D eigenvalue weighted by molar-refractivity contribution is 0.0950. The van der Waals surface area contributed by atoms with E-state index < -0.39 is 0 Å².